The minimum Gasteiger partial charge on any atom is -0.384 e. The first-order valence-electron chi connectivity index (χ1n) is 2.77. The van der Waals surface area contributed by atoms with E-state index in [1.807, 2.05) is 0 Å². The van der Waals surface area contributed by atoms with E-state index in [9.17, 15) is 5.11 Å². The van der Waals surface area contributed by atoms with Crippen LogP contribution in [0.2, 0.25) is 0 Å². The minimum absolute atomic E-state index is 0.653. The van der Waals surface area contributed by atoms with Crippen molar-refractivity contribution in [2.45, 2.75) is 23.7 Å². The molecule has 4 heteroatoms. The third kappa shape index (κ3) is 3.11. The van der Waals surface area contributed by atoms with Crippen molar-refractivity contribution in [3.63, 3.8) is 0 Å². The number of allylic oxidation sites excluding steroid dienone is 1. The fourth-order valence-corrected chi connectivity index (χ4v) is 0.932. The molecule has 60 valence electrons. The summed E-state index contributed by atoms with van der Waals surface area (Å²) >= 11 is 16.2. The lowest BCUT2D eigenvalue weighted by Crippen LogP contribution is -2.25. The van der Waals surface area contributed by atoms with Gasteiger partial charge in [0.2, 0.25) is 3.79 Å². The summed E-state index contributed by atoms with van der Waals surface area (Å²) in [7, 11) is 0. The minimum atomic E-state index is -1.61. The highest BCUT2D eigenvalue weighted by molar-refractivity contribution is 6.68. The molecule has 1 atom stereocenters. The van der Waals surface area contributed by atoms with Crippen LogP contribution in [-0.4, -0.2) is 15.0 Å². The Balaban J connectivity index is 4.23. The molecule has 1 unspecified atom stereocenters. The zero-order chi connectivity index (χ0) is 8.36. The smallest absolute Gasteiger partial charge is 0.219 e. The monoisotopic (exact) mass is 202 g/mol. The van der Waals surface area contributed by atoms with Gasteiger partial charge in [-0.1, -0.05) is 40.9 Å². The van der Waals surface area contributed by atoms with Crippen LogP contribution in [0.15, 0.2) is 11.6 Å². The molecule has 0 aliphatic heterocycles. The number of aliphatic hydroxyl groups excluding tert-OH is 1. The molecule has 0 aliphatic carbocycles. The van der Waals surface area contributed by atoms with Crippen molar-refractivity contribution >= 4 is 34.8 Å². The highest BCUT2D eigenvalue weighted by atomic mass is 35.6. The maximum absolute atomic E-state index is 9.19. The molecule has 0 heterocycles. The Bertz CT molecular complexity index is 136. The Morgan fingerprint density at radius 1 is 1.50 bits per heavy atom. The largest absolute Gasteiger partial charge is 0.384 e. The first kappa shape index (κ1) is 10.6. The van der Waals surface area contributed by atoms with Gasteiger partial charge in [0, 0.05) is 0 Å². The summed E-state index contributed by atoms with van der Waals surface area (Å²) in [6.07, 6.45) is 0.689. The first-order chi connectivity index (χ1) is 4.39. The lowest BCUT2D eigenvalue weighted by Gasteiger charge is -2.18. The van der Waals surface area contributed by atoms with Gasteiger partial charge in [0.1, 0.15) is 6.10 Å². The summed E-state index contributed by atoms with van der Waals surface area (Å²) in [5.41, 5.74) is 0.653. The first-order valence-corrected chi connectivity index (χ1v) is 3.90. The van der Waals surface area contributed by atoms with Crippen LogP contribution in [0.3, 0.4) is 0 Å². The average Bonchev–Trinajstić information content (AvgIpc) is 1.83. The van der Waals surface area contributed by atoms with Gasteiger partial charge in [-0.3, -0.25) is 0 Å². The van der Waals surface area contributed by atoms with Crippen molar-refractivity contribution in [1.29, 1.82) is 0 Å². The van der Waals surface area contributed by atoms with Crippen LogP contribution in [0.25, 0.3) is 0 Å². The van der Waals surface area contributed by atoms with Gasteiger partial charge >= 0.3 is 0 Å². The quantitative estimate of drug-likeness (QED) is 0.513. The van der Waals surface area contributed by atoms with E-state index in [0.717, 1.165) is 0 Å². The van der Waals surface area contributed by atoms with Crippen LogP contribution in [0.1, 0.15) is 13.8 Å². The van der Waals surface area contributed by atoms with E-state index in [2.05, 4.69) is 0 Å². The third-order valence-corrected chi connectivity index (χ3v) is 1.82. The molecule has 0 saturated heterocycles. The van der Waals surface area contributed by atoms with Gasteiger partial charge < -0.3 is 5.11 Å². The molecule has 0 aliphatic rings. The van der Waals surface area contributed by atoms with E-state index in [0.29, 0.717) is 5.57 Å². The van der Waals surface area contributed by atoms with E-state index in [-0.39, 0.29) is 0 Å². The second-order valence-electron chi connectivity index (χ2n) is 1.98. The molecule has 0 aromatic rings. The zero-order valence-electron chi connectivity index (χ0n) is 5.74. The second kappa shape index (κ2) is 3.82. The van der Waals surface area contributed by atoms with Gasteiger partial charge in [-0.05, 0) is 19.4 Å². The maximum Gasteiger partial charge on any atom is 0.219 e. The Morgan fingerprint density at radius 2 is 1.90 bits per heavy atom. The summed E-state index contributed by atoms with van der Waals surface area (Å²) in [6.45, 7) is 3.47. The van der Waals surface area contributed by atoms with Crippen molar-refractivity contribution in [3.8, 4) is 0 Å². The average molecular weight is 203 g/mol. The molecule has 0 rings (SSSR count). The van der Waals surface area contributed by atoms with E-state index in [4.69, 9.17) is 34.8 Å². The number of halogens is 3. The number of rotatable bonds is 1. The molecule has 1 N–H and O–H groups in total. The van der Waals surface area contributed by atoms with Gasteiger partial charge in [-0.25, -0.2) is 0 Å². The van der Waals surface area contributed by atoms with Crippen molar-refractivity contribution in [2.24, 2.45) is 0 Å². The maximum atomic E-state index is 9.19. The van der Waals surface area contributed by atoms with Gasteiger partial charge in [0.15, 0.2) is 0 Å². The van der Waals surface area contributed by atoms with E-state index in [1.165, 1.54) is 0 Å². The van der Waals surface area contributed by atoms with Crippen molar-refractivity contribution in [1.82, 2.24) is 0 Å². The standard InChI is InChI=1S/C6H9Cl3O/c1-3-4(2)5(10)6(7,8)9/h3,5,10H,1-2H3/b4-3+. The molecular formula is C6H9Cl3O. The number of hydrogen-bond donors (Lipinski definition) is 1. The van der Waals surface area contributed by atoms with Crippen molar-refractivity contribution in [2.75, 3.05) is 0 Å². The van der Waals surface area contributed by atoms with Crippen LogP contribution in [0.4, 0.5) is 0 Å². The molecule has 10 heavy (non-hydrogen) atoms. The highest BCUT2D eigenvalue weighted by Gasteiger charge is 2.31. The highest BCUT2D eigenvalue weighted by Crippen LogP contribution is 2.33. The van der Waals surface area contributed by atoms with Crippen molar-refractivity contribution in [3.05, 3.63) is 11.6 Å². The molecule has 1 nitrogen and oxygen atoms in total. The Kier molecular flexibility index (Phi) is 4.03. The van der Waals surface area contributed by atoms with Crippen LogP contribution in [0, 0.1) is 0 Å². The molecular weight excluding hydrogens is 194 g/mol. The topological polar surface area (TPSA) is 20.2 Å². The molecule has 0 amide bonds. The number of hydrogen-bond acceptors (Lipinski definition) is 1. The Hall–Kier alpha value is 0.570. The number of aliphatic hydroxyl groups is 1. The Morgan fingerprint density at radius 3 is 2.00 bits per heavy atom. The van der Waals surface area contributed by atoms with E-state index in [1.54, 1.807) is 19.9 Å². The predicted molar refractivity (Wildman–Crippen MR) is 45.7 cm³/mol. The molecule has 0 fully saturated rings. The van der Waals surface area contributed by atoms with E-state index < -0.39 is 9.90 Å². The molecule has 0 aromatic heterocycles. The van der Waals surface area contributed by atoms with Crippen LogP contribution in [-0.2, 0) is 0 Å². The molecule has 0 aromatic carbocycles. The fourth-order valence-electron chi connectivity index (χ4n) is 0.416. The molecule has 0 saturated carbocycles. The van der Waals surface area contributed by atoms with Crippen LogP contribution in [0.5, 0.6) is 0 Å². The molecule has 0 spiro atoms. The molecule has 0 radical (unpaired) electrons. The van der Waals surface area contributed by atoms with Gasteiger partial charge in [0.25, 0.3) is 0 Å². The number of alkyl halides is 3. The SMILES string of the molecule is C/C=C(\C)C(O)C(Cl)(Cl)Cl. The lowest BCUT2D eigenvalue weighted by atomic mass is 10.2. The molecule has 0 bridgehead atoms. The summed E-state index contributed by atoms with van der Waals surface area (Å²) < 4.78 is -1.61. The van der Waals surface area contributed by atoms with Crippen LogP contribution >= 0.6 is 34.8 Å². The van der Waals surface area contributed by atoms with E-state index >= 15 is 0 Å². The summed E-state index contributed by atoms with van der Waals surface area (Å²) in [5, 5.41) is 9.19. The Labute approximate surface area is 75.6 Å². The van der Waals surface area contributed by atoms with Gasteiger partial charge in [-0.15, -0.1) is 0 Å². The fraction of sp³-hybridized carbons (Fsp3) is 0.667. The predicted octanol–water partition coefficient (Wildman–Crippen LogP) is 2.68. The summed E-state index contributed by atoms with van der Waals surface area (Å²) in [4.78, 5) is 0. The lowest BCUT2D eigenvalue weighted by molar-refractivity contribution is 0.215. The second-order valence-corrected chi connectivity index (χ2v) is 4.35. The zero-order valence-corrected chi connectivity index (χ0v) is 8.00. The third-order valence-electron chi connectivity index (χ3n) is 1.20. The normalized spacial score (nSPS) is 17.2. The van der Waals surface area contributed by atoms with Gasteiger partial charge in [-0.2, -0.15) is 0 Å². The van der Waals surface area contributed by atoms with Crippen molar-refractivity contribution < 1.29 is 5.11 Å². The van der Waals surface area contributed by atoms with Gasteiger partial charge in [0.05, 0.1) is 0 Å². The summed E-state index contributed by atoms with van der Waals surface area (Å²) in [6, 6.07) is 0. The summed E-state index contributed by atoms with van der Waals surface area (Å²) in [5.74, 6) is 0. The van der Waals surface area contributed by atoms with Crippen LogP contribution < -0.4 is 0 Å².